The Morgan fingerprint density at radius 2 is 1.73 bits per heavy atom. The summed E-state index contributed by atoms with van der Waals surface area (Å²) in [5, 5.41) is 15.8. The molecule has 0 aliphatic heterocycles. The first-order valence-electron chi connectivity index (χ1n) is 3.49. The molecule has 11 heavy (non-hydrogen) atoms. The van der Waals surface area contributed by atoms with Gasteiger partial charge < -0.3 is 19.7 Å². The second kappa shape index (κ2) is 16.4. The van der Waals surface area contributed by atoms with Gasteiger partial charge in [-0.2, -0.15) is 0 Å². The van der Waals surface area contributed by atoms with Crippen molar-refractivity contribution in [1.29, 1.82) is 0 Å². The van der Waals surface area contributed by atoms with E-state index in [0.29, 0.717) is 19.8 Å². The van der Waals surface area contributed by atoms with Crippen LogP contribution < -0.4 is 0 Å². The van der Waals surface area contributed by atoms with Crippen molar-refractivity contribution in [3.63, 3.8) is 0 Å². The maximum absolute atomic E-state index is 8.18. The number of hydrogen-bond acceptors (Lipinski definition) is 4. The first kappa shape index (κ1) is 13.4. The Morgan fingerprint density at radius 1 is 1.18 bits per heavy atom. The fourth-order valence-corrected chi connectivity index (χ4v) is 0.284. The summed E-state index contributed by atoms with van der Waals surface area (Å²) in [6.07, 6.45) is 0. The zero-order chi connectivity index (χ0) is 8.95. The van der Waals surface area contributed by atoms with Crippen LogP contribution in [-0.4, -0.2) is 43.2 Å². The molecule has 0 aromatic heterocycles. The quantitative estimate of drug-likeness (QED) is 0.554. The maximum atomic E-state index is 8.18. The number of aliphatic hydroxyl groups excluding tert-OH is 2. The highest BCUT2D eigenvalue weighted by Gasteiger charge is 1.82. The van der Waals surface area contributed by atoms with E-state index in [4.69, 9.17) is 14.9 Å². The molecular formula is C7H17O4. The van der Waals surface area contributed by atoms with Gasteiger partial charge in [0.2, 0.25) is 0 Å². The number of ether oxygens (including phenoxy) is 2. The summed E-state index contributed by atoms with van der Waals surface area (Å²) in [6, 6.07) is 0. The Hall–Kier alpha value is -0.160. The zero-order valence-corrected chi connectivity index (χ0v) is 6.95. The standard InChI is InChI=1S/C5H11O3.C2H6O/c1-7-4-5-8-3-2-6;1-2-3/h6H,1-5H2;3H,2H2,1H3. The summed E-state index contributed by atoms with van der Waals surface area (Å²) in [4.78, 5) is 0. The van der Waals surface area contributed by atoms with Gasteiger partial charge in [-0.05, 0) is 6.92 Å². The average Bonchev–Trinajstić information content (AvgIpc) is 2.00. The molecule has 1 radical (unpaired) electrons. The largest absolute Gasteiger partial charge is 0.397 e. The third-order valence-corrected chi connectivity index (χ3v) is 0.608. The topological polar surface area (TPSA) is 58.9 Å². The first-order valence-corrected chi connectivity index (χ1v) is 3.49. The molecule has 0 saturated carbocycles. The minimum atomic E-state index is 0.0666. The van der Waals surface area contributed by atoms with Crippen LogP contribution in [0.3, 0.4) is 0 Å². The maximum Gasteiger partial charge on any atom is 0.0701 e. The van der Waals surface area contributed by atoms with Crippen LogP contribution in [0, 0.1) is 7.11 Å². The molecule has 0 fully saturated rings. The van der Waals surface area contributed by atoms with Gasteiger partial charge in [-0.25, -0.2) is 0 Å². The van der Waals surface area contributed by atoms with Crippen LogP contribution in [0.2, 0.25) is 0 Å². The smallest absolute Gasteiger partial charge is 0.0701 e. The summed E-state index contributed by atoms with van der Waals surface area (Å²) < 4.78 is 9.24. The molecule has 0 atom stereocenters. The lowest BCUT2D eigenvalue weighted by molar-refractivity contribution is 0.0587. The Morgan fingerprint density at radius 3 is 2.09 bits per heavy atom. The van der Waals surface area contributed by atoms with Gasteiger partial charge in [0.1, 0.15) is 0 Å². The van der Waals surface area contributed by atoms with Gasteiger partial charge in [-0.1, -0.05) is 0 Å². The predicted octanol–water partition coefficient (Wildman–Crippen LogP) is -0.198. The van der Waals surface area contributed by atoms with Crippen LogP contribution in [0.4, 0.5) is 0 Å². The summed E-state index contributed by atoms with van der Waals surface area (Å²) in [5.41, 5.74) is 0. The molecule has 2 N–H and O–H groups in total. The van der Waals surface area contributed by atoms with Gasteiger partial charge in [0.25, 0.3) is 0 Å². The van der Waals surface area contributed by atoms with Crippen molar-refractivity contribution in [3.8, 4) is 0 Å². The monoisotopic (exact) mass is 165 g/mol. The van der Waals surface area contributed by atoms with Crippen molar-refractivity contribution in [2.45, 2.75) is 6.92 Å². The second-order valence-electron chi connectivity index (χ2n) is 1.56. The summed E-state index contributed by atoms with van der Waals surface area (Å²) in [6.45, 7) is 3.37. The lowest BCUT2D eigenvalue weighted by atomic mass is 10.7. The van der Waals surface area contributed by atoms with Gasteiger partial charge in [-0.15, -0.1) is 0 Å². The molecule has 4 nitrogen and oxygen atoms in total. The summed E-state index contributed by atoms with van der Waals surface area (Å²) in [7, 11) is 3.14. The highest BCUT2D eigenvalue weighted by atomic mass is 16.5. The molecule has 4 heteroatoms. The van der Waals surface area contributed by atoms with Crippen molar-refractivity contribution >= 4 is 0 Å². The molecule has 0 aromatic rings. The normalized spacial score (nSPS) is 8.73. The van der Waals surface area contributed by atoms with Crippen molar-refractivity contribution in [1.82, 2.24) is 0 Å². The molecule has 0 rings (SSSR count). The highest BCUT2D eigenvalue weighted by Crippen LogP contribution is 1.73. The average molecular weight is 165 g/mol. The van der Waals surface area contributed by atoms with Crippen LogP contribution in [0.15, 0.2) is 0 Å². The lowest BCUT2D eigenvalue weighted by Gasteiger charge is -1.98. The minimum absolute atomic E-state index is 0.0666. The van der Waals surface area contributed by atoms with Crippen LogP contribution in [0.25, 0.3) is 0 Å². The highest BCUT2D eigenvalue weighted by molar-refractivity contribution is 4.27. The van der Waals surface area contributed by atoms with Crippen LogP contribution in [-0.2, 0) is 9.47 Å². The van der Waals surface area contributed by atoms with E-state index in [1.165, 1.54) is 0 Å². The van der Waals surface area contributed by atoms with Crippen LogP contribution in [0.5, 0.6) is 0 Å². The van der Waals surface area contributed by atoms with E-state index < -0.39 is 0 Å². The van der Waals surface area contributed by atoms with E-state index in [1.54, 1.807) is 6.92 Å². The molecule has 69 valence electrons. The Kier molecular flexibility index (Phi) is 20.1. The van der Waals surface area contributed by atoms with Gasteiger partial charge in [0.05, 0.1) is 33.5 Å². The third-order valence-electron chi connectivity index (χ3n) is 0.608. The van der Waals surface area contributed by atoms with E-state index in [9.17, 15) is 0 Å². The van der Waals surface area contributed by atoms with Gasteiger partial charge in [-0.3, -0.25) is 0 Å². The van der Waals surface area contributed by atoms with E-state index in [1.807, 2.05) is 0 Å². The van der Waals surface area contributed by atoms with Gasteiger partial charge in [0, 0.05) is 6.61 Å². The Balaban J connectivity index is 0. The molecule has 0 heterocycles. The van der Waals surface area contributed by atoms with Crippen LogP contribution in [0.1, 0.15) is 6.92 Å². The van der Waals surface area contributed by atoms with Crippen molar-refractivity contribution in [3.05, 3.63) is 7.11 Å². The minimum Gasteiger partial charge on any atom is -0.397 e. The molecule has 0 aliphatic rings. The van der Waals surface area contributed by atoms with Gasteiger partial charge in [0.15, 0.2) is 0 Å². The predicted molar refractivity (Wildman–Crippen MR) is 42.0 cm³/mol. The second-order valence-corrected chi connectivity index (χ2v) is 1.56. The molecule has 0 amide bonds. The Bertz CT molecular complexity index is 43.7. The van der Waals surface area contributed by atoms with E-state index >= 15 is 0 Å². The SMILES string of the molecule is CCO.[CH2]OCCOCCO. The fraction of sp³-hybridized carbons (Fsp3) is 0.857. The molecule has 0 saturated heterocycles. The molecular weight excluding hydrogens is 148 g/mol. The number of rotatable bonds is 5. The number of hydrogen-bond donors (Lipinski definition) is 2. The molecule has 0 unspecified atom stereocenters. The van der Waals surface area contributed by atoms with E-state index in [0.717, 1.165) is 0 Å². The van der Waals surface area contributed by atoms with Crippen molar-refractivity contribution in [2.24, 2.45) is 0 Å². The molecule has 0 aliphatic carbocycles. The first-order chi connectivity index (χ1) is 5.33. The lowest BCUT2D eigenvalue weighted by Crippen LogP contribution is -2.04. The van der Waals surface area contributed by atoms with Gasteiger partial charge >= 0.3 is 0 Å². The zero-order valence-electron chi connectivity index (χ0n) is 6.95. The fourth-order valence-electron chi connectivity index (χ4n) is 0.284. The van der Waals surface area contributed by atoms with E-state index in [2.05, 4.69) is 11.8 Å². The summed E-state index contributed by atoms with van der Waals surface area (Å²) >= 11 is 0. The van der Waals surface area contributed by atoms with Crippen molar-refractivity contribution < 1.29 is 19.7 Å². The Labute approximate surface area is 67.8 Å². The molecule has 0 spiro atoms. The number of aliphatic hydroxyl groups is 2. The molecule has 0 aromatic carbocycles. The molecule has 0 bridgehead atoms. The summed E-state index contributed by atoms with van der Waals surface area (Å²) in [5.74, 6) is 0. The third kappa shape index (κ3) is 25.8. The van der Waals surface area contributed by atoms with Crippen LogP contribution >= 0.6 is 0 Å². The van der Waals surface area contributed by atoms with Crippen molar-refractivity contribution in [2.75, 3.05) is 33.0 Å². The van der Waals surface area contributed by atoms with E-state index in [-0.39, 0.29) is 13.2 Å².